The third-order valence-corrected chi connectivity index (χ3v) is 3.66. The Balaban J connectivity index is 2.09. The fraction of sp³-hybridized carbons (Fsp3) is 0.222. The van der Waals surface area contributed by atoms with Crippen LogP contribution in [0, 0.1) is 27.3 Å². The quantitative estimate of drug-likeness (QED) is 0.394. The van der Waals surface area contributed by atoms with Gasteiger partial charge in [-0.1, -0.05) is 12.1 Å². The van der Waals surface area contributed by atoms with E-state index in [0.717, 1.165) is 12.1 Å². The summed E-state index contributed by atoms with van der Waals surface area (Å²) in [4.78, 5) is 22.4. The fourth-order valence-corrected chi connectivity index (χ4v) is 2.32. The number of carbonyl (C=O) groups is 1. The van der Waals surface area contributed by atoms with Crippen molar-refractivity contribution in [2.45, 2.75) is 12.7 Å². The number of carbonyl (C=O) groups excluding carboxylic acids is 1. The number of hydrogen-bond donors (Lipinski definition) is 0. The number of benzene rings is 2. The van der Waals surface area contributed by atoms with Crippen LogP contribution >= 0.6 is 0 Å². The van der Waals surface area contributed by atoms with Crippen molar-refractivity contribution in [1.82, 2.24) is 4.90 Å². The number of nitrogens with zero attached hydrogens (tertiary/aromatic N) is 3. The van der Waals surface area contributed by atoms with Gasteiger partial charge in [-0.25, -0.2) is 0 Å². The minimum atomic E-state index is -4.66. The second kappa shape index (κ2) is 9.01. The molecule has 0 unspecified atom stereocenters. The molecular formula is C18H13F4N3O4. The molecule has 0 radical (unpaired) electrons. The minimum absolute atomic E-state index is 0.244. The minimum Gasteiger partial charge on any atom is -0.484 e. The van der Waals surface area contributed by atoms with Crippen molar-refractivity contribution in [1.29, 1.82) is 5.26 Å². The molecule has 2 aromatic carbocycles. The van der Waals surface area contributed by atoms with E-state index in [9.17, 15) is 32.5 Å². The predicted molar refractivity (Wildman–Crippen MR) is 91.2 cm³/mol. The second-order valence-electron chi connectivity index (χ2n) is 5.83. The van der Waals surface area contributed by atoms with Crippen LogP contribution in [0.1, 0.15) is 11.1 Å². The fourth-order valence-electron chi connectivity index (χ4n) is 2.32. The van der Waals surface area contributed by atoms with Gasteiger partial charge in [0.2, 0.25) is 5.82 Å². The average Bonchev–Trinajstić information content (AvgIpc) is 2.65. The Morgan fingerprint density at radius 2 is 1.86 bits per heavy atom. The monoisotopic (exact) mass is 411 g/mol. The van der Waals surface area contributed by atoms with Crippen LogP contribution < -0.4 is 4.74 Å². The first-order chi connectivity index (χ1) is 13.6. The maximum absolute atomic E-state index is 13.6. The maximum atomic E-state index is 13.6. The Morgan fingerprint density at radius 1 is 1.21 bits per heavy atom. The topological polar surface area (TPSA) is 96.5 Å². The molecule has 0 aliphatic rings. The third-order valence-electron chi connectivity index (χ3n) is 3.66. The van der Waals surface area contributed by atoms with E-state index >= 15 is 0 Å². The number of ether oxygens (including phenoxy) is 1. The van der Waals surface area contributed by atoms with Gasteiger partial charge < -0.3 is 9.64 Å². The lowest BCUT2D eigenvalue weighted by Crippen LogP contribution is -2.41. The number of halogens is 4. The van der Waals surface area contributed by atoms with E-state index in [4.69, 9.17) is 10.00 Å². The Kier molecular flexibility index (Phi) is 6.71. The summed E-state index contributed by atoms with van der Waals surface area (Å²) >= 11 is 0. The Hall–Kier alpha value is -3.68. The molecule has 0 saturated carbocycles. The molecule has 7 nitrogen and oxygen atoms in total. The van der Waals surface area contributed by atoms with Crippen molar-refractivity contribution < 1.29 is 32.0 Å². The molecule has 0 atom stereocenters. The molecule has 0 aromatic heterocycles. The summed E-state index contributed by atoms with van der Waals surface area (Å²) in [5.74, 6) is -2.47. The molecule has 1 amide bonds. The van der Waals surface area contributed by atoms with Crippen LogP contribution in [0.25, 0.3) is 0 Å². The third kappa shape index (κ3) is 6.46. The van der Waals surface area contributed by atoms with Crippen LogP contribution in [0.4, 0.5) is 23.2 Å². The number of alkyl halides is 3. The largest absolute Gasteiger partial charge is 0.484 e. The molecular weight excluding hydrogens is 398 g/mol. The Labute approximate surface area is 161 Å². The van der Waals surface area contributed by atoms with Crippen LogP contribution in [0.3, 0.4) is 0 Å². The first kappa shape index (κ1) is 21.6. The SMILES string of the molecule is N#Cc1ccc(CN(CC(F)(F)F)C(=O)COc2ccc([N+](=O)[O-])c(F)c2)cc1. The molecule has 0 aliphatic heterocycles. The normalized spacial score (nSPS) is 10.9. The molecule has 0 fully saturated rings. The van der Waals surface area contributed by atoms with Crippen molar-refractivity contribution >= 4 is 11.6 Å². The number of amides is 1. The Bertz CT molecular complexity index is 940. The van der Waals surface area contributed by atoms with Crippen LogP contribution in [-0.2, 0) is 11.3 Å². The zero-order valence-corrected chi connectivity index (χ0v) is 14.6. The molecule has 0 spiro atoms. The van der Waals surface area contributed by atoms with E-state index in [0.29, 0.717) is 22.1 Å². The van der Waals surface area contributed by atoms with Gasteiger partial charge in [-0.2, -0.15) is 22.8 Å². The van der Waals surface area contributed by atoms with Crippen molar-refractivity contribution in [3.63, 3.8) is 0 Å². The molecule has 2 rings (SSSR count). The molecule has 0 bridgehead atoms. The zero-order valence-electron chi connectivity index (χ0n) is 14.6. The van der Waals surface area contributed by atoms with Gasteiger partial charge in [-0.15, -0.1) is 0 Å². The number of hydrogen-bond acceptors (Lipinski definition) is 5. The van der Waals surface area contributed by atoms with Gasteiger partial charge in [0.1, 0.15) is 12.3 Å². The van der Waals surface area contributed by atoms with Gasteiger partial charge in [0.25, 0.3) is 5.91 Å². The average molecular weight is 411 g/mol. The van der Waals surface area contributed by atoms with Crippen LogP contribution in [-0.4, -0.2) is 35.1 Å². The number of nitro groups is 1. The van der Waals surface area contributed by atoms with Gasteiger partial charge in [-0.05, 0) is 23.8 Å². The zero-order chi connectivity index (χ0) is 21.6. The summed E-state index contributed by atoms with van der Waals surface area (Å²) in [6.45, 7) is -2.75. The van der Waals surface area contributed by atoms with Gasteiger partial charge in [-0.3, -0.25) is 14.9 Å². The number of nitriles is 1. The summed E-state index contributed by atoms with van der Waals surface area (Å²) < 4.78 is 57.1. The summed E-state index contributed by atoms with van der Waals surface area (Å²) in [7, 11) is 0. The van der Waals surface area contributed by atoms with E-state index in [1.165, 1.54) is 24.3 Å². The molecule has 0 heterocycles. The highest BCUT2D eigenvalue weighted by molar-refractivity contribution is 5.77. The number of rotatable bonds is 7. The van der Waals surface area contributed by atoms with Gasteiger partial charge in [0.15, 0.2) is 6.61 Å². The van der Waals surface area contributed by atoms with E-state index in [2.05, 4.69) is 0 Å². The summed E-state index contributed by atoms with van der Waals surface area (Å²) in [6.07, 6.45) is -4.66. The number of nitro benzene ring substituents is 1. The van der Waals surface area contributed by atoms with Crippen LogP contribution in [0.15, 0.2) is 42.5 Å². The van der Waals surface area contributed by atoms with Gasteiger partial charge >= 0.3 is 11.9 Å². The van der Waals surface area contributed by atoms with E-state index in [1.54, 1.807) is 0 Å². The van der Waals surface area contributed by atoms with Crippen molar-refractivity contribution in [3.8, 4) is 11.8 Å². The summed E-state index contributed by atoms with van der Waals surface area (Å²) in [6, 6.07) is 10.0. The van der Waals surface area contributed by atoms with Gasteiger partial charge in [0.05, 0.1) is 16.6 Å². The molecule has 2 aromatic rings. The molecule has 0 N–H and O–H groups in total. The van der Waals surface area contributed by atoms with Crippen molar-refractivity contribution in [3.05, 3.63) is 69.5 Å². The van der Waals surface area contributed by atoms with Crippen LogP contribution in [0.5, 0.6) is 5.75 Å². The molecule has 152 valence electrons. The first-order valence-corrected chi connectivity index (χ1v) is 7.99. The van der Waals surface area contributed by atoms with E-state index in [1.807, 2.05) is 6.07 Å². The highest BCUT2D eigenvalue weighted by Crippen LogP contribution is 2.23. The summed E-state index contributed by atoms with van der Waals surface area (Å²) in [5.41, 5.74) is -0.128. The molecule has 0 aliphatic carbocycles. The molecule has 0 saturated heterocycles. The molecule has 29 heavy (non-hydrogen) atoms. The van der Waals surface area contributed by atoms with E-state index in [-0.39, 0.29) is 12.3 Å². The summed E-state index contributed by atoms with van der Waals surface area (Å²) in [5, 5.41) is 19.3. The maximum Gasteiger partial charge on any atom is 0.406 e. The highest BCUT2D eigenvalue weighted by atomic mass is 19.4. The lowest BCUT2D eigenvalue weighted by Gasteiger charge is -2.24. The van der Waals surface area contributed by atoms with E-state index < -0.39 is 41.7 Å². The lowest BCUT2D eigenvalue weighted by molar-refractivity contribution is -0.387. The van der Waals surface area contributed by atoms with Crippen molar-refractivity contribution in [2.75, 3.05) is 13.2 Å². The van der Waals surface area contributed by atoms with Crippen molar-refractivity contribution in [2.24, 2.45) is 0 Å². The van der Waals surface area contributed by atoms with Crippen LogP contribution in [0.2, 0.25) is 0 Å². The Morgan fingerprint density at radius 3 is 2.38 bits per heavy atom. The molecule has 11 heteroatoms. The highest BCUT2D eigenvalue weighted by Gasteiger charge is 2.33. The lowest BCUT2D eigenvalue weighted by atomic mass is 10.1. The second-order valence-corrected chi connectivity index (χ2v) is 5.83. The van der Waals surface area contributed by atoms with Gasteiger partial charge in [0, 0.05) is 18.7 Å². The predicted octanol–water partition coefficient (Wildman–Crippen LogP) is 3.58. The smallest absolute Gasteiger partial charge is 0.406 e. The first-order valence-electron chi connectivity index (χ1n) is 7.99. The standard InChI is InChI=1S/C18H13F4N3O4/c19-15-7-14(5-6-16(15)25(27)28)29-10-17(26)24(11-18(20,21)22)9-13-3-1-12(8-23)2-4-13/h1-7H,9-11H2.